The first-order valence-electron chi connectivity index (χ1n) is 10.4. The predicted molar refractivity (Wildman–Crippen MR) is 138 cm³/mol. The highest BCUT2D eigenvalue weighted by atomic mass is 127. The zero-order valence-corrected chi connectivity index (χ0v) is 20.3. The molecule has 2 aromatic rings. The van der Waals surface area contributed by atoms with Gasteiger partial charge in [-0.2, -0.15) is 0 Å². The van der Waals surface area contributed by atoms with E-state index in [1.807, 2.05) is 30.3 Å². The summed E-state index contributed by atoms with van der Waals surface area (Å²) < 4.78 is 1.16. The SMILES string of the molecule is N=C(N)c1ccc(CNC(=O)C2CCC(CNC(=S)Nc3cccc(I)c3)CC2)cc1. The van der Waals surface area contributed by atoms with Crippen LogP contribution in [0.25, 0.3) is 0 Å². The molecule has 1 saturated carbocycles. The van der Waals surface area contributed by atoms with E-state index >= 15 is 0 Å². The Morgan fingerprint density at radius 1 is 1.10 bits per heavy atom. The highest BCUT2D eigenvalue weighted by Crippen LogP contribution is 2.28. The summed E-state index contributed by atoms with van der Waals surface area (Å²) in [5, 5.41) is 17.7. The van der Waals surface area contributed by atoms with E-state index in [9.17, 15) is 4.79 Å². The number of anilines is 1. The third-order valence-corrected chi connectivity index (χ3v) is 6.50. The summed E-state index contributed by atoms with van der Waals surface area (Å²) in [4.78, 5) is 12.5. The number of nitrogens with one attached hydrogen (secondary N) is 4. The standard InChI is InChI=1S/C23H28IN5OS/c24-19-2-1-3-20(12-19)29-23(31)28-14-16-6-10-18(11-7-16)22(30)27-13-15-4-8-17(9-5-15)21(25)26/h1-5,8-9,12,16,18H,6-7,10-11,13-14H2,(H3,25,26)(H,27,30)(H2,28,29,31). The molecule has 0 saturated heterocycles. The molecule has 164 valence electrons. The average molecular weight is 549 g/mol. The number of thiocarbonyl (C=S) groups is 1. The van der Waals surface area contributed by atoms with Gasteiger partial charge in [0.2, 0.25) is 5.91 Å². The van der Waals surface area contributed by atoms with Crippen molar-refractivity contribution in [3.63, 3.8) is 0 Å². The Morgan fingerprint density at radius 3 is 2.45 bits per heavy atom. The molecule has 1 amide bonds. The molecule has 0 bridgehead atoms. The highest BCUT2D eigenvalue weighted by Gasteiger charge is 2.26. The summed E-state index contributed by atoms with van der Waals surface area (Å²) in [6, 6.07) is 15.5. The first-order chi connectivity index (χ1) is 14.9. The Morgan fingerprint density at radius 2 is 1.81 bits per heavy atom. The summed E-state index contributed by atoms with van der Waals surface area (Å²) >= 11 is 7.69. The van der Waals surface area contributed by atoms with Gasteiger partial charge in [-0.1, -0.05) is 30.3 Å². The molecule has 0 atom stereocenters. The van der Waals surface area contributed by atoms with E-state index in [2.05, 4.69) is 44.6 Å². The zero-order valence-electron chi connectivity index (χ0n) is 17.3. The van der Waals surface area contributed by atoms with Gasteiger partial charge in [-0.3, -0.25) is 10.2 Å². The quantitative estimate of drug-likeness (QED) is 0.156. The van der Waals surface area contributed by atoms with Gasteiger partial charge in [0, 0.05) is 33.8 Å². The third-order valence-electron chi connectivity index (χ3n) is 5.58. The van der Waals surface area contributed by atoms with E-state index in [-0.39, 0.29) is 17.7 Å². The molecule has 6 nitrogen and oxygen atoms in total. The number of hydrogen-bond donors (Lipinski definition) is 5. The molecule has 0 heterocycles. The molecule has 0 aliphatic heterocycles. The number of nitrogen functional groups attached to an aromatic ring is 1. The van der Waals surface area contributed by atoms with E-state index in [1.165, 1.54) is 0 Å². The lowest BCUT2D eigenvalue weighted by Crippen LogP contribution is -2.37. The van der Waals surface area contributed by atoms with E-state index in [0.29, 0.717) is 23.1 Å². The normalized spacial score (nSPS) is 18.1. The smallest absolute Gasteiger partial charge is 0.223 e. The van der Waals surface area contributed by atoms with Gasteiger partial charge in [0.05, 0.1) is 0 Å². The second kappa shape index (κ2) is 11.4. The van der Waals surface area contributed by atoms with Crippen LogP contribution in [0, 0.1) is 20.8 Å². The topological polar surface area (TPSA) is 103 Å². The Bertz CT molecular complexity index is 926. The molecule has 31 heavy (non-hydrogen) atoms. The van der Waals surface area contributed by atoms with Gasteiger partial charge >= 0.3 is 0 Å². The Kier molecular flexibility index (Phi) is 8.65. The number of halogens is 1. The second-order valence-corrected chi connectivity index (χ2v) is 9.55. The van der Waals surface area contributed by atoms with E-state index in [1.54, 1.807) is 12.1 Å². The van der Waals surface area contributed by atoms with Crippen LogP contribution in [0.4, 0.5) is 5.69 Å². The van der Waals surface area contributed by atoms with Crippen molar-refractivity contribution in [2.75, 3.05) is 11.9 Å². The maximum Gasteiger partial charge on any atom is 0.223 e. The van der Waals surface area contributed by atoms with Crippen LogP contribution in [-0.2, 0) is 11.3 Å². The maximum absolute atomic E-state index is 12.5. The molecule has 1 aliphatic carbocycles. The van der Waals surface area contributed by atoms with E-state index < -0.39 is 0 Å². The fourth-order valence-corrected chi connectivity index (χ4v) is 4.49. The molecular weight excluding hydrogens is 521 g/mol. The predicted octanol–water partition coefficient (Wildman–Crippen LogP) is 3.98. The van der Waals surface area contributed by atoms with Gasteiger partial charge in [0.25, 0.3) is 0 Å². The first-order valence-corrected chi connectivity index (χ1v) is 11.9. The first kappa shape index (κ1) is 23.5. The number of nitrogens with two attached hydrogens (primary N) is 1. The molecule has 0 unspecified atom stereocenters. The van der Waals surface area contributed by atoms with Gasteiger partial charge in [-0.25, -0.2) is 0 Å². The minimum Gasteiger partial charge on any atom is -0.384 e. The van der Waals surface area contributed by atoms with Crippen molar-refractivity contribution in [1.82, 2.24) is 10.6 Å². The van der Waals surface area contributed by atoms with Crippen molar-refractivity contribution in [1.29, 1.82) is 5.41 Å². The van der Waals surface area contributed by atoms with Crippen LogP contribution in [0.1, 0.15) is 36.8 Å². The van der Waals surface area contributed by atoms with E-state index in [4.69, 9.17) is 23.4 Å². The molecule has 8 heteroatoms. The van der Waals surface area contributed by atoms with Crippen LogP contribution in [0.5, 0.6) is 0 Å². The van der Waals surface area contributed by atoms with Crippen molar-refractivity contribution < 1.29 is 4.79 Å². The van der Waals surface area contributed by atoms with Crippen molar-refractivity contribution in [2.45, 2.75) is 32.2 Å². The molecule has 0 radical (unpaired) electrons. The van der Waals surface area contributed by atoms with Crippen LogP contribution in [0.15, 0.2) is 48.5 Å². The Balaban J connectivity index is 1.35. The van der Waals surface area contributed by atoms with Crippen LogP contribution in [0.2, 0.25) is 0 Å². The fraction of sp³-hybridized carbons (Fsp3) is 0.348. The van der Waals surface area contributed by atoms with Crippen LogP contribution >= 0.6 is 34.8 Å². The summed E-state index contributed by atoms with van der Waals surface area (Å²) in [6.45, 7) is 1.32. The lowest BCUT2D eigenvalue weighted by molar-refractivity contribution is -0.126. The maximum atomic E-state index is 12.5. The number of hydrogen-bond acceptors (Lipinski definition) is 3. The fourth-order valence-electron chi connectivity index (χ4n) is 3.74. The molecule has 6 N–H and O–H groups in total. The second-order valence-electron chi connectivity index (χ2n) is 7.89. The Hall–Kier alpha value is -2.20. The minimum atomic E-state index is 0.0493. The number of benzene rings is 2. The van der Waals surface area contributed by atoms with Crippen LogP contribution < -0.4 is 21.7 Å². The van der Waals surface area contributed by atoms with E-state index in [0.717, 1.165) is 47.0 Å². The van der Waals surface area contributed by atoms with Crippen molar-refractivity contribution in [3.8, 4) is 0 Å². The molecule has 1 aliphatic rings. The number of amides is 1. The monoisotopic (exact) mass is 549 g/mol. The summed E-state index contributed by atoms with van der Waals surface area (Å²) in [7, 11) is 0. The van der Waals surface area contributed by atoms with Gasteiger partial charge in [-0.05, 0) is 90.2 Å². The van der Waals surface area contributed by atoms with Gasteiger partial charge in [0.1, 0.15) is 5.84 Å². The number of carbonyl (C=O) groups is 1. The molecule has 1 fully saturated rings. The van der Waals surface area contributed by atoms with Crippen LogP contribution in [-0.4, -0.2) is 23.4 Å². The van der Waals surface area contributed by atoms with Gasteiger partial charge in [-0.15, -0.1) is 0 Å². The molecule has 3 rings (SSSR count). The highest BCUT2D eigenvalue weighted by molar-refractivity contribution is 14.1. The minimum absolute atomic E-state index is 0.0493. The summed E-state index contributed by atoms with van der Waals surface area (Å²) in [6.07, 6.45) is 3.84. The Labute approximate surface area is 202 Å². The van der Waals surface area contributed by atoms with Crippen molar-refractivity contribution in [2.24, 2.45) is 17.6 Å². The summed E-state index contributed by atoms with van der Waals surface area (Å²) in [5.74, 6) is 0.772. The molecule has 0 spiro atoms. The number of amidine groups is 1. The lowest BCUT2D eigenvalue weighted by atomic mass is 9.81. The number of carbonyl (C=O) groups excluding carboxylic acids is 1. The van der Waals surface area contributed by atoms with Crippen LogP contribution in [0.3, 0.4) is 0 Å². The largest absolute Gasteiger partial charge is 0.384 e. The number of rotatable bonds is 7. The molecular formula is C23H28IN5OS. The summed E-state index contributed by atoms with van der Waals surface area (Å²) in [5.41, 5.74) is 8.15. The lowest BCUT2D eigenvalue weighted by Gasteiger charge is -2.28. The van der Waals surface area contributed by atoms with Gasteiger partial charge < -0.3 is 21.7 Å². The molecule has 0 aromatic heterocycles. The van der Waals surface area contributed by atoms with Crippen molar-refractivity contribution >= 4 is 57.4 Å². The molecule has 2 aromatic carbocycles. The zero-order chi connectivity index (χ0) is 22.2. The van der Waals surface area contributed by atoms with Crippen molar-refractivity contribution in [3.05, 3.63) is 63.2 Å². The average Bonchev–Trinajstić information content (AvgIpc) is 2.76. The van der Waals surface area contributed by atoms with Gasteiger partial charge in [0.15, 0.2) is 5.11 Å². The third kappa shape index (κ3) is 7.46.